The molecule has 7 heteroatoms. The zero-order chi connectivity index (χ0) is 23.3. The van der Waals surface area contributed by atoms with Gasteiger partial charge in [-0.2, -0.15) is 0 Å². The Labute approximate surface area is 196 Å². The monoisotopic (exact) mass is 468 g/mol. The Morgan fingerprint density at radius 3 is 2.31 bits per heavy atom. The molecule has 0 aliphatic carbocycles. The molecule has 0 radical (unpaired) electrons. The lowest BCUT2D eigenvalue weighted by Gasteiger charge is -2.51. The molecule has 0 aromatic heterocycles. The maximum atomic E-state index is 13.8. The number of carbonyl (C=O) groups is 1. The van der Waals surface area contributed by atoms with Crippen molar-refractivity contribution in [3.05, 3.63) is 104 Å². The van der Waals surface area contributed by atoms with Gasteiger partial charge >= 0.3 is 0 Å². The highest BCUT2D eigenvalue weighted by Gasteiger charge is 2.48. The van der Waals surface area contributed by atoms with Crippen molar-refractivity contribution in [1.82, 2.24) is 0 Å². The first-order chi connectivity index (χ1) is 15.0. The lowest BCUT2D eigenvalue weighted by molar-refractivity contribution is -0.384. The van der Waals surface area contributed by atoms with Crippen LogP contribution in [0.1, 0.15) is 48.7 Å². The molecule has 3 aromatic carbocycles. The first-order valence-corrected chi connectivity index (χ1v) is 10.9. The fourth-order valence-corrected chi connectivity index (χ4v) is 5.20. The molecule has 1 aliphatic heterocycles. The number of halogens is 2. The molecule has 0 saturated heterocycles. The van der Waals surface area contributed by atoms with Gasteiger partial charge in [0.15, 0.2) is 0 Å². The van der Waals surface area contributed by atoms with E-state index in [0.29, 0.717) is 11.4 Å². The number of nitrogens with zero attached hydrogens (tertiary/aromatic N) is 2. The molecule has 5 nitrogen and oxygen atoms in total. The van der Waals surface area contributed by atoms with Crippen LogP contribution >= 0.6 is 23.2 Å². The van der Waals surface area contributed by atoms with E-state index in [9.17, 15) is 14.9 Å². The van der Waals surface area contributed by atoms with Crippen molar-refractivity contribution in [2.24, 2.45) is 0 Å². The minimum atomic E-state index is -0.603. The quantitative estimate of drug-likeness (QED) is 0.305. The van der Waals surface area contributed by atoms with Crippen LogP contribution in [0.5, 0.6) is 0 Å². The predicted octanol–water partition coefficient (Wildman–Crippen LogP) is 7.04. The standard InChI is InChI=1S/C25H22Cl2N2O3/c1-24(2)15-25(3,16-8-10-17(26)11-9-16)20-6-4-5-7-22(20)28(24)23(30)19-14-18(29(31)32)12-13-21(19)27/h4-14H,15H2,1-3H3/t25-/m1/s1. The molecule has 3 aromatic rings. The fourth-order valence-electron chi connectivity index (χ4n) is 4.87. The molecule has 0 N–H and O–H groups in total. The van der Waals surface area contributed by atoms with Crippen LogP contribution < -0.4 is 4.90 Å². The van der Waals surface area contributed by atoms with Crippen LogP contribution in [-0.2, 0) is 5.41 Å². The largest absolute Gasteiger partial charge is 0.302 e. The molecule has 32 heavy (non-hydrogen) atoms. The van der Waals surface area contributed by atoms with Crippen LogP contribution in [0.3, 0.4) is 0 Å². The number of non-ortho nitro benzene ring substituents is 1. The third-order valence-electron chi connectivity index (χ3n) is 6.21. The van der Waals surface area contributed by atoms with E-state index in [-0.39, 0.29) is 27.6 Å². The minimum absolute atomic E-state index is 0.110. The number of nitro groups is 1. The molecule has 0 saturated carbocycles. The van der Waals surface area contributed by atoms with Crippen molar-refractivity contribution >= 4 is 40.5 Å². The molecule has 0 bridgehead atoms. The number of anilines is 1. The number of carbonyl (C=O) groups excluding carboxylic acids is 1. The van der Waals surface area contributed by atoms with E-state index in [2.05, 4.69) is 6.92 Å². The number of hydrogen-bond acceptors (Lipinski definition) is 3. The Morgan fingerprint density at radius 1 is 1.00 bits per heavy atom. The number of hydrogen-bond donors (Lipinski definition) is 0. The molecule has 1 aliphatic rings. The number of para-hydroxylation sites is 1. The second-order valence-corrected chi connectivity index (χ2v) is 9.75. The Bertz CT molecular complexity index is 1220. The Balaban J connectivity index is 1.89. The minimum Gasteiger partial charge on any atom is -0.302 e. The van der Waals surface area contributed by atoms with Gasteiger partial charge in [-0.25, -0.2) is 0 Å². The maximum absolute atomic E-state index is 13.8. The maximum Gasteiger partial charge on any atom is 0.270 e. The summed E-state index contributed by atoms with van der Waals surface area (Å²) >= 11 is 12.4. The smallest absolute Gasteiger partial charge is 0.270 e. The van der Waals surface area contributed by atoms with Gasteiger partial charge in [0.2, 0.25) is 0 Å². The van der Waals surface area contributed by atoms with Crippen molar-refractivity contribution in [3.8, 4) is 0 Å². The first-order valence-electron chi connectivity index (χ1n) is 10.2. The summed E-state index contributed by atoms with van der Waals surface area (Å²) in [6.07, 6.45) is 0.636. The average Bonchev–Trinajstić information content (AvgIpc) is 2.73. The van der Waals surface area contributed by atoms with Crippen LogP contribution in [0.2, 0.25) is 10.0 Å². The third-order valence-corrected chi connectivity index (χ3v) is 6.79. The van der Waals surface area contributed by atoms with Crippen LogP contribution in [0.25, 0.3) is 0 Å². The summed E-state index contributed by atoms with van der Waals surface area (Å²) in [5.74, 6) is -0.366. The van der Waals surface area contributed by atoms with E-state index < -0.39 is 10.5 Å². The average molecular weight is 469 g/mol. The molecule has 1 amide bonds. The van der Waals surface area contributed by atoms with Crippen LogP contribution in [0, 0.1) is 10.1 Å². The molecule has 1 atom stereocenters. The summed E-state index contributed by atoms with van der Waals surface area (Å²) in [5, 5.41) is 12.1. The fraction of sp³-hybridized carbons (Fsp3) is 0.240. The van der Waals surface area contributed by atoms with Crippen molar-refractivity contribution in [1.29, 1.82) is 0 Å². The van der Waals surface area contributed by atoms with Gasteiger partial charge in [0.1, 0.15) is 0 Å². The summed E-state index contributed by atoms with van der Waals surface area (Å²) in [6, 6.07) is 19.5. The summed E-state index contributed by atoms with van der Waals surface area (Å²) < 4.78 is 0. The first kappa shape index (κ1) is 22.3. The number of amides is 1. The lowest BCUT2D eigenvalue weighted by atomic mass is 9.65. The van der Waals surface area contributed by atoms with Gasteiger partial charge < -0.3 is 4.90 Å². The second-order valence-electron chi connectivity index (χ2n) is 8.91. The van der Waals surface area contributed by atoms with Crippen molar-refractivity contribution < 1.29 is 9.72 Å². The zero-order valence-electron chi connectivity index (χ0n) is 17.9. The number of rotatable bonds is 3. The second kappa shape index (κ2) is 7.91. The van der Waals surface area contributed by atoms with Gasteiger partial charge in [0.25, 0.3) is 11.6 Å². The number of nitro benzene ring substituents is 1. The van der Waals surface area contributed by atoms with Gasteiger partial charge in [-0.1, -0.05) is 60.5 Å². The third kappa shape index (κ3) is 3.65. The molecule has 164 valence electrons. The van der Waals surface area contributed by atoms with Gasteiger partial charge in [0, 0.05) is 33.8 Å². The highest BCUT2D eigenvalue weighted by atomic mass is 35.5. The predicted molar refractivity (Wildman–Crippen MR) is 128 cm³/mol. The van der Waals surface area contributed by atoms with E-state index in [1.807, 2.05) is 62.4 Å². The van der Waals surface area contributed by atoms with E-state index in [1.54, 1.807) is 4.90 Å². The van der Waals surface area contributed by atoms with Gasteiger partial charge in [0.05, 0.1) is 15.5 Å². The number of fused-ring (bicyclic) bond motifs is 1. The van der Waals surface area contributed by atoms with E-state index in [0.717, 1.165) is 16.8 Å². The molecule has 0 unspecified atom stereocenters. The summed E-state index contributed by atoms with van der Waals surface area (Å²) in [5.41, 5.74) is 1.82. The van der Waals surface area contributed by atoms with E-state index in [1.165, 1.54) is 18.2 Å². The SMILES string of the molecule is CC1(C)C[C@](C)(c2ccc(Cl)cc2)c2ccccc2N1C(=O)c1cc([N+](=O)[O-])ccc1Cl. The topological polar surface area (TPSA) is 63.5 Å². The Morgan fingerprint density at radius 2 is 1.66 bits per heavy atom. The highest BCUT2D eigenvalue weighted by molar-refractivity contribution is 6.34. The van der Waals surface area contributed by atoms with Gasteiger partial charge in [-0.05, 0) is 55.7 Å². The zero-order valence-corrected chi connectivity index (χ0v) is 19.4. The van der Waals surface area contributed by atoms with E-state index >= 15 is 0 Å². The normalized spacial score (nSPS) is 19.3. The van der Waals surface area contributed by atoms with Gasteiger partial charge in [-0.15, -0.1) is 0 Å². The molecule has 0 fully saturated rings. The van der Waals surface area contributed by atoms with Crippen molar-refractivity contribution in [3.63, 3.8) is 0 Å². The van der Waals surface area contributed by atoms with Crippen LogP contribution in [0.15, 0.2) is 66.7 Å². The molecular formula is C25H22Cl2N2O3. The highest BCUT2D eigenvalue weighted by Crippen LogP contribution is 2.51. The van der Waals surface area contributed by atoms with Crippen molar-refractivity contribution in [2.45, 2.75) is 38.1 Å². The van der Waals surface area contributed by atoms with E-state index in [4.69, 9.17) is 23.2 Å². The van der Waals surface area contributed by atoms with Crippen molar-refractivity contribution in [2.75, 3.05) is 4.90 Å². The van der Waals surface area contributed by atoms with Gasteiger partial charge in [-0.3, -0.25) is 14.9 Å². The molecular weight excluding hydrogens is 447 g/mol. The molecule has 0 spiro atoms. The van der Waals surface area contributed by atoms with Crippen LogP contribution in [0.4, 0.5) is 11.4 Å². The Kier molecular flexibility index (Phi) is 5.51. The Hall–Kier alpha value is -2.89. The lowest BCUT2D eigenvalue weighted by Crippen LogP contribution is -2.56. The van der Waals surface area contributed by atoms with Crippen LogP contribution in [-0.4, -0.2) is 16.4 Å². The summed E-state index contributed by atoms with van der Waals surface area (Å²) in [7, 11) is 0. The molecule has 1 heterocycles. The summed E-state index contributed by atoms with van der Waals surface area (Å²) in [6.45, 7) is 6.17. The summed E-state index contributed by atoms with van der Waals surface area (Å²) in [4.78, 5) is 26.2. The molecule has 4 rings (SSSR count). The number of benzene rings is 3.